The minimum Gasteiger partial charge on any atom is -0.369 e. The molecule has 0 unspecified atom stereocenters. The Labute approximate surface area is 157 Å². The highest BCUT2D eigenvalue weighted by Gasteiger charge is 2.26. The van der Waals surface area contributed by atoms with Crippen LogP contribution in [0.4, 0.5) is 5.69 Å². The molecule has 4 amide bonds. The number of carbonyl (C=O) groups excluding carboxylic acids is 4. The Morgan fingerprint density at radius 2 is 1.74 bits per heavy atom. The van der Waals surface area contributed by atoms with Gasteiger partial charge in [0.1, 0.15) is 0 Å². The highest BCUT2D eigenvalue weighted by atomic mass is 16.2. The summed E-state index contributed by atoms with van der Waals surface area (Å²) in [6, 6.07) is 6.79. The van der Waals surface area contributed by atoms with Crippen LogP contribution in [0.15, 0.2) is 24.3 Å². The number of nitrogens with one attached hydrogen (secondary N) is 1. The number of rotatable bonds is 5. The van der Waals surface area contributed by atoms with E-state index >= 15 is 0 Å². The predicted molar refractivity (Wildman–Crippen MR) is 98.9 cm³/mol. The van der Waals surface area contributed by atoms with Gasteiger partial charge in [0.15, 0.2) is 0 Å². The number of benzene rings is 1. The second kappa shape index (κ2) is 8.20. The van der Waals surface area contributed by atoms with Gasteiger partial charge in [0.25, 0.3) is 5.91 Å². The zero-order chi connectivity index (χ0) is 19.4. The molecule has 2 saturated heterocycles. The van der Waals surface area contributed by atoms with Crippen LogP contribution in [0, 0.1) is 5.92 Å². The highest BCUT2D eigenvalue weighted by Crippen LogP contribution is 2.21. The van der Waals surface area contributed by atoms with Gasteiger partial charge in [-0.2, -0.15) is 0 Å². The first-order chi connectivity index (χ1) is 13.0. The van der Waals surface area contributed by atoms with E-state index in [-0.39, 0.29) is 36.1 Å². The summed E-state index contributed by atoms with van der Waals surface area (Å²) in [5, 5.41) is 2.63. The molecule has 0 saturated carbocycles. The molecular formula is C19H24N4O4. The number of likely N-dealkylation sites (tertiary alicyclic amines) is 1. The fraction of sp³-hybridized carbons (Fsp3) is 0.474. The second-order valence-corrected chi connectivity index (χ2v) is 6.94. The van der Waals surface area contributed by atoms with E-state index in [1.807, 2.05) is 0 Å². The van der Waals surface area contributed by atoms with Gasteiger partial charge in [0.2, 0.25) is 17.7 Å². The lowest BCUT2D eigenvalue weighted by Gasteiger charge is -2.30. The molecule has 0 radical (unpaired) electrons. The number of amides is 4. The van der Waals surface area contributed by atoms with Crippen molar-refractivity contribution < 1.29 is 19.2 Å². The zero-order valence-electron chi connectivity index (χ0n) is 15.1. The molecule has 3 N–H and O–H groups in total. The Morgan fingerprint density at radius 3 is 2.30 bits per heavy atom. The van der Waals surface area contributed by atoms with Crippen LogP contribution in [0.5, 0.6) is 0 Å². The van der Waals surface area contributed by atoms with E-state index in [1.165, 1.54) is 0 Å². The van der Waals surface area contributed by atoms with Gasteiger partial charge >= 0.3 is 0 Å². The van der Waals surface area contributed by atoms with E-state index in [2.05, 4.69) is 5.32 Å². The van der Waals surface area contributed by atoms with Crippen LogP contribution in [0.2, 0.25) is 0 Å². The predicted octanol–water partition coefficient (Wildman–Crippen LogP) is 0.267. The maximum atomic E-state index is 12.2. The van der Waals surface area contributed by atoms with Crippen molar-refractivity contribution in [2.45, 2.75) is 25.7 Å². The quantitative estimate of drug-likeness (QED) is 0.772. The van der Waals surface area contributed by atoms with Crippen LogP contribution in [-0.2, 0) is 14.4 Å². The Hall–Kier alpha value is -2.90. The normalized spacial score (nSPS) is 17.9. The molecule has 1 aromatic carbocycles. The minimum atomic E-state index is -0.338. The first kappa shape index (κ1) is 18.9. The Kier molecular flexibility index (Phi) is 5.73. The highest BCUT2D eigenvalue weighted by molar-refractivity contribution is 5.98. The van der Waals surface area contributed by atoms with Gasteiger partial charge in [0.05, 0.1) is 6.54 Å². The van der Waals surface area contributed by atoms with E-state index in [1.54, 1.807) is 34.1 Å². The van der Waals surface area contributed by atoms with Crippen LogP contribution in [0.25, 0.3) is 0 Å². The molecule has 1 aromatic rings. The van der Waals surface area contributed by atoms with Crippen molar-refractivity contribution in [3.8, 4) is 0 Å². The third kappa shape index (κ3) is 4.45. The van der Waals surface area contributed by atoms with E-state index in [9.17, 15) is 19.2 Å². The number of anilines is 1. The van der Waals surface area contributed by atoms with Crippen molar-refractivity contribution in [1.82, 2.24) is 10.2 Å². The summed E-state index contributed by atoms with van der Waals surface area (Å²) >= 11 is 0. The van der Waals surface area contributed by atoms with Gasteiger partial charge in [-0.3, -0.25) is 19.2 Å². The summed E-state index contributed by atoms with van der Waals surface area (Å²) in [5.74, 6) is -0.919. The molecule has 27 heavy (non-hydrogen) atoms. The van der Waals surface area contributed by atoms with E-state index in [0.29, 0.717) is 44.5 Å². The summed E-state index contributed by atoms with van der Waals surface area (Å²) in [4.78, 5) is 50.7. The Bertz CT molecular complexity index is 739. The molecule has 144 valence electrons. The molecule has 0 bridgehead atoms. The number of nitrogens with two attached hydrogens (primary N) is 1. The zero-order valence-corrected chi connectivity index (χ0v) is 15.1. The van der Waals surface area contributed by atoms with Crippen LogP contribution >= 0.6 is 0 Å². The molecule has 0 aromatic heterocycles. The Balaban J connectivity index is 1.48. The summed E-state index contributed by atoms with van der Waals surface area (Å²) in [6.45, 7) is 1.56. The summed E-state index contributed by atoms with van der Waals surface area (Å²) in [6.07, 6.45) is 2.53. The summed E-state index contributed by atoms with van der Waals surface area (Å²) in [7, 11) is 0. The first-order valence-electron chi connectivity index (χ1n) is 9.21. The number of nitrogens with zero attached hydrogens (tertiary/aromatic N) is 2. The molecule has 2 fully saturated rings. The number of primary amides is 1. The largest absolute Gasteiger partial charge is 0.369 e. The summed E-state index contributed by atoms with van der Waals surface area (Å²) < 4.78 is 0. The van der Waals surface area contributed by atoms with Crippen LogP contribution in [0.3, 0.4) is 0 Å². The van der Waals surface area contributed by atoms with Gasteiger partial charge in [0, 0.05) is 43.2 Å². The lowest BCUT2D eigenvalue weighted by Crippen LogP contribution is -2.45. The maximum absolute atomic E-state index is 12.2. The third-order valence-electron chi connectivity index (χ3n) is 5.16. The van der Waals surface area contributed by atoms with Crippen LogP contribution < -0.4 is 16.0 Å². The summed E-state index contributed by atoms with van der Waals surface area (Å²) in [5.41, 5.74) is 6.50. The second-order valence-electron chi connectivity index (χ2n) is 6.94. The van der Waals surface area contributed by atoms with Crippen molar-refractivity contribution in [1.29, 1.82) is 0 Å². The molecule has 3 rings (SSSR count). The molecule has 8 heteroatoms. The Morgan fingerprint density at radius 1 is 1.07 bits per heavy atom. The van der Waals surface area contributed by atoms with Gasteiger partial charge in [-0.05, 0) is 43.5 Å². The van der Waals surface area contributed by atoms with Crippen molar-refractivity contribution >= 4 is 29.3 Å². The van der Waals surface area contributed by atoms with Gasteiger partial charge in [-0.15, -0.1) is 0 Å². The molecule has 8 nitrogen and oxygen atoms in total. The maximum Gasteiger partial charge on any atom is 0.251 e. The molecule has 2 heterocycles. The monoisotopic (exact) mass is 372 g/mol. The SMILES string of the molecule is NC(=O)C1CCN(C(=O)CNC(=O)c2ccc(N3CCCC3=O)cc2)CC1. The van der Waals surface area contributed by atoms with Gasteiger partial charge < -0.3 is 20.9 Å². The smallest absolute Gasteiger partial charge is 0.251 e. The molecular weight excluding hydrogens is 348 g/mol. The lowest BCUT2D eigenvalue weighted by atomic mass is 9.96. The molecule has 0 atom stereocenters. The van der Waals surface area contributed by atoms with Crippen molar-refractivity contribution in [2.24, 2.45) is 11.7 Å². The number of hydrogen-bond acceptors (Lipinski definition) is 4. The van der Waals surface area contributed by atoms with E-state index < -0.39 is 0 Å². The molecule has 0 spiro atoms. The molecule has 2 aliphatic heterocycles. The van der Waals surface area contributed by atoms with E-state index in [0.717, 1.165) is 12.1 Å². The number of hydrogen-bond donors (Lipinski definition) is 2. The molecule has 0 aliphatic carbocycles. The minimum absolute atomic E-state index is 0.0908. The van der Waals surface area contributed by atoms with Crippen molar-refractivity contribution in [3.05, 3.63) is 29.8 Å². The average Bonchev–Trinajstić information content (AvgIpc) is 3.12. The number of piperidine rings is 1. The van der Waals surface area contributed by atoms with Crippen molar-refractivity contribution in [3.63, 3.8) is 0 Å². The van der Waals surface area contributed by atoms with Crippen LogP contribution in [0.1, 0.15) is 36.0 Å². The average molecular weight is 372 g/mol. The standard InChI is InChI=1S/C19H24N4O4/c20-18(26)13-7-10-22(11-8-13)17(25)12-21-19(27)14-3-5-15(6-4-14)23-9-1-2-16(23)24/h3-6,13H,1-2,7-12H2,(H2,20,26)(H,21,27). The lowest BCUT2D eigenvalue weighted by molar-refractivity contribution is -0.133. The molecule has 2 aliphatic rings. The third-order valence-corrected chi connectivity index (χ3v) is 5.16. The van der Waals surface area contributed by atoms with E-state index in [4.69, 9.17) is 5.73 Å². The van der Waals surface area contributed by atoms with Crippen LogP contribution in [-0.4, -0.2) is 54.7 Å². The fourth-order valence-electron chi connectivity index (χ4n) is 3.50. The number of carbonyl (C=O) groups is 4. The van der Waals surface area contributed by atoms with Gasteiger partial charge in [-0.25, -0.2) is 0 Å². The van der Waals surface area contributed by atoms with Crippen molar-refractivity contribution in [2.75, 3.05) is 31.1 Å². The fourth-order valence-corrected chi connectivity index (χ4v) is 3.50. The first-order valence-corrected chi connectivity index (χ1v) is 9.21. The topological polar surface area (TPSA) is 113 Å². The van der Waals surface area contributed by atoms with Gasteiger partial charge in [-0.1, -0.05) is 0 Å².